The van der Waals surface area contributed by atoms with Crippen LogP contribution in [0.3, 0.4) is 0 Å². The van der Waals surface area contributed by atoms with E-state index in [0.29, 0.717) is 20.2 Å². The minimum absolute atomic E-state index is 0.122. The SMILES string of the molecule is CCCn1cc(I)c(=O)n(Cc2ccc(F)c(Br)c2)c1=O. The Morgan fingerprint density at radius 2 is 2.05 bits per heavy atom. The fourth-order valence-electron chi connectivity index (χ4n) is 1.98. The summed E-state index contributed by atoms with van der Waals surface area (Å²) >= 11 is 5.03. The van der Waals surface area contributed by atoms with E-state index in [0.717, 1.165) is 6.42 Å². The molecule has 21 heavy (non-hydrogen) atoms. The van der Waals surface area contributed by atoms with Crippen LogP contribution in [0.4, 0.5) is 4.39 Å². The molecule has 0 unspecified atom stereocenters. The molecule has 0 aliphatic rings. The van der Waals surface area contributed by atoms with Gasteiger partial charge in [0.15, 0.2) is 0 Å². The van der Waals surface area contributed by atoms with Crippen molar-refractivity contribution in [3.63, 3.8) is 0 Å². The molecule has 0 N–H and O–H groups in total. The molecule has 0 radical (unpaired) electrons. The van der Waals surface area contributed by atoms with E-state index in [2.05, 4.69) is 15.9 Å². The fourth-order valence-corrected chi connectivity index (χ4v) is 3.03. The predicted molar refractivity (Wildman–Crippen MR) is 91.2 cm³/mol. The van der Waals surface area contributed by atoms with Crippen LogP contribution in [0.2, 0.25) is 0 Å². The zero-order chi connectivity index (χ0) is 15.6. The minimum Gasteiger partial charge on any atom is -0.299 e. The minimum atomic E-state index is -0.378. The topological polar surface area (TPSA) is 44.0 Å². The van der Waals surface area contributed by atoms with Crippen LogP contribution in [0.5, 0.6) is 0 Å². The van der Waals surface area contributed by atoms with E-state index in [1.54, 1.807) is 18.3 Å². The van der Waals surface area contributed by atoms with Gasteiger partial charge in [-0.15, -0.1) is 0 Å². The molecule has 0 saturated heterocycles. The Hall–Kier alpha value is -0.960. The summed E-state index contributed by atoms with van der Waals surface area (Å²) in [4.78, 5) is 24.5. The summed E-state index contributed by atoms with van der Waals surface area (Å²) in [6.45, 7) is 2.64. The molecule has 0 spiro atoms. The highest BCUT2D eigenvalue weighted by Gasteiger charge is 2.10. The number of rotatable bonds is 4. The molecule has 0 saturated carbocycles. The van der Waals surface area contributed by atoms with E-state index in [1.165, 1.54) is 15.2 Å². The van der Waals surface area contributed by atoms with Crippen molar-refractivity contribution >= 4 is 38.5 Å². The van der Waals surface area contributed by atoms with Gasteiger partial charge in [0.05, 0.1) is 14.6 Å². The molecule has 2 aromatic rings. The largest absolute Gasteiger partial charge is 0.331 e. The van der Waals surface area contributed by atoms with Gasteiger partial charge in [-0.3, -0.25) is 13.9 Å². The van der Waals surface area contributed by atoms with Crippen molar-refractivity contribution in [2.45, 2.75) is 26.4 Å². The van der Waals surface area contributed by atoms with Crippen LogP contribution in [0.1, 0.15) is 18.9 Å². The maximum absolute atomic E-state index is 13.2. The maximum atomic E-state index is 13.2. The summed E-state index contributed by atoms with van der Waals surface area (Å²) in [5.74, 6) is -0.378. The van der Waals surface area contributed by atoms with Crippen LogP contribution in [0.15, 0.2) is 38.5 Å². The second-order valence-electron chi connectivity index (χ2n) is 4.59. The van der Waals surface area contributed by atoms with Gasteiger partial charge >= 0.3 is 5.69 Å². The van der Waals surface area contributed by atoms with Crippen molar-refractivity contribution in [2.24, 2.45) is 0 Å². The summed E-state index contributed by atoms with van der Waals surface area (Å²) in [5, 5.41) is 0. The van der Waals surface area contributed by atoms with E-state index in [4.69, 9.17) is 0 Å². The molecule has 1 aromatic carbocycles. The molecule has 0 aliphatic heterocycles. The van der Waals surface area contributed by atoms with E-state index < -0.39 is 0 Å². The summed E-state index contributed by atoms with van der Waals surface area (Å²) in [6.07, 6.45) is 2.38. The Kier molecular flexibility index (Phi) is 5.37. The third kappa shape index (κ3) is 3.63. The number of halogens is 3. The first-order valence-corrected chi connectivity index (χ1v) is 8.25. The lowest BCUT2D eigenvalue weighted by atomic mass is 10.2. The van der Waals surface area contributed by atoms with Gasteiger partial charge in [0, 0.05) is 12.7 Å². The molecule has 0 atom stereocenters. The zero-order valence-corrected chi connectivity index (χ0v) is 15.0. The first-order valence-electron chi connectivity index (χ1n) is 6.37. The standard InChI is InChI=1S/C14H13BrFIN2O2/c1-2-5-18-8-12(17)13(20)19(14(18)21)7-9-3-4-11(16)10(15)6-9/h3-4,6,8H,2,5,7H2,1H3. The van der Waals surface area contributed by atoms with Gasteiger partial charge in [-0.1, -0.05) is 13.0 Å². The van der Waals surface area contributed by atoms with Crippen molar-refractivity contribution in [3.05, 3.63) is 64.7 Å². The van der Waals surface area contributed by atoms with Crippen molar-refractivity contribution in [3.8, 4) is 0 Å². The Morgan fingerprint density at radius 1 is 1.33 bits per heavy atom. The van der Waals surface area contributed by atoms with Crippen LogP contribution in [0, 0.1) is 9.39 Å². The number of aromatic nitrogens is 2. The van der Waals surface area contributed by atoms with Crippen LogP contribution in [-0.4, -0.2) is 9.13 Å². The van der Waals surface area contributed by atoms with E-state index >= 15 is 0 Å². The highest BCUT2D eigenvalue weighted by atomic mass is 127. The van der Waals surface area contributed by atoms with E-state index in [-0.39, 0.29) is 23.6 Å². The first-order chi connectivity index (χ1) is 9.93. The molecule has 2 rings (SSSR count). The molecular weight excluding hydrogens is 454 g/mol. The van der Waals surface area contributed by atoms with Crippen LogP contribution in [-0.2, 0) is 13.1 Å². The van der Waals surface area contributed by atoms with Gasteiger partial charge in [-0.05, 0) is 62.6 Å². The molecule has 0 amide bonds. The van der Waals surface area contributed by atoms with Gasteiger partial charge < -0.3 is 0 Å². The predicted octanol–water partition coefficient (Wildman–Crippen LogP) is 2.97. The second-order valence-corrected chi connectivity index (χ2v) is 6.61. The summed E-state index contributed by atoms with van der Waals surface area (Å²) in [7, 11) is 0. The monoisotopic (exact) mass is 466 g/mol. The maximum Gasteiger partial charge on any atom is 0.331 e. The lowest BCUT2D eigenvalue weighted by molar-refractivity contribution is 0.565. The average Bonchev–Trinajstić information content (AvgIpc) is 2.45. The third-order valence-electron chi connectivity index (χ3n) is 2.98. The third-order valence-corrected chi connectivity index (χ3v) is 4.33. The van der Waals surface area contributed by atoms with Crippen LogP contribution < -0.4 is 11.2 Å². The van der Waals surface area contributed by atoms with Crippen LogP contribution >= 0.6 is 38.5 Å². The molecule has 0 bridgehead atoms. The summed E-state index contributed by atoms with van der Waals surface area (Å²) in [6, 6.07) is 4.45. The summed E-state index contributed by atoms with van der Waals surface area (Å²) in [5.41, 5.74) is 0.0173. The quantitative estimate of drug-likeness (QED) is 0.650. The highest BCUT2D eigenvalue weighted by molar-refractivity contribution is 14.1. The number of hydrogen-bond donors (Lipinski definition) is 0. The molecular formula is C14H13BrFIN2O2. The Balaban J connectivity index is 2.50. The Bertz CT molecular complexity index is 786. The summed E-state index contributed by atoms with van der Waals surface area (Å²) < 4.78 is 16.7. The van der Waals surface area contributed by atoms with Crippen molar-refractivity contribution < 1.29 is 4.39 Å². The fraction of sp³-hybridized carbons (Fsp3) is 0.286. The second kappa shape index (κ2) is 6.87. The smallest absolute Gasteiger partial charge is 0.299 e. The first kappa shape index (κ1) is 16.4. The lowest BCUT2D eigenvalue weighted by Gasteiger charge is -2.11. The molecule has 1 aromatic heterocycles. The number of aryl methyl sites for hydroxylation is 1. The van der Waals surface area contributed by atoms with Gasteiger partial charge in [-0.2, -0.15) is 0 Å². The number of benzene rings is 1. The van der Waals surface area contributed by atoms with Crippen LogP contribution in [0.25, 0.3) is 0 Å². The average molecular weight is 467 g/mol. The van der Waals surface area contributed by atoms with Gasteiger partial charge in [0.25, 0.3) is 5.56 Å². The van der Waals surface area contributed by atoms with Gasteiger partial charge in [0.2, 0.25) is 0 Å². The van der Waals surface area contributed by atoms with Crippen molar-refractivity contribution in [2.75, 3.05) is 0 Å². The highest BCUT2D eigenvalue weighted by Crippen LogP contribution is 2.17. The van der Waals surface area contributed by atoms with Gasteiger partial charge in [-0.25, -0.2) is 9.18 Å². The molecule has 0 fully saturated rings. The lowest BCUT2D eigenvalue weighted by Crippen LogP contribution is -2.41. The van der Waals surface area contributed by atoms with Crippen molar-refractivity contribution in [1.29, 1.82) is 0 Å². The number of hydrogen-bond acceptors (Lipinski definition) is 2. The Morgan fingerprint density at radius 3 is 2.67 bits per heavy atom. The molecule has 112 valence electrons. The van der Waals surface area contributed by atoms with Gasteiger partial charge in [0.1, 0.15) is 5.82 Å². The van der Waals surface area contributed by atoms with E-state index in [1.807, 2.05) is 29.5 Å². The van der Waals surface area contributed by atoms with Crippen molar-refractivity contribution in [1.82, 2.24) is 9.13 Å². The van der Waals surface area contributed by atoms with E-state index in [9.17, 15) is 14.0 Å². The Labute approximate surface area is 142 Å². The molecule has 1 heterocycles. The number of nitrogens with zero attached hydrogens (tertiary/aromatic N) is 2. The zero-order valence-electron chi connectivity index (χ0n) is 11.3. The molecule has 4 nitrogen and oxygen atoms in total. The molecule has 7 heteroatoms. The molecule has 0 aliphatic carbocycles. The normalized spacial score (nSPS) is 10.9.